The molecule has 1 heteroatoms. The summed E-state index contributed by atoms with van der Waals surface area (Å²) < 4.78 is 0. The van der Waals surface area contributed by atoms with Gasteiger partial charge in [0, 0.05) is 13.1 Å². The van der Waals surface area contributed by atoms with Gasteiger partial charge in [0.2, 0.25) is 0 Å². The van der Waals surface area contributed by atoms with Gasteiger partial charge in [-0.15, -0.1) is 0 Å². The van der Waals surface area contributed by atoms with E-state index >= 15 is 0 Å². The molecule has 2 aromatic rings. The largest absolute Gasteiger partial charge is 0.298 e. The van der Waals surface area contributed by atoms with Crippen molar-refractivity contribution in [2.45, 2.75) is 38.6 Å². The molecule has 0 radical (unpaired) electrons. The van der Waals surface area contributed by atoms with E-state index in [9.17, 15) is 0 Å². The van der Waals surface area contributed by atoms with Crippen LogP contribution in [0.25, 0.3) is 10.8 Å². The Balaban J connectivity index is 1.56. The normalized spacial score (nSPS) is 16.2. The molecule has 0 saturated heterocycles. The topological polar surface area (TPSA) is 3.24 Å². The Kier molecular flexibility index (Phi) is 5.87. The van der Waals surface area contributed by atoms with Gasteiger partial charge in [0.1, 0.15) is 0 Å². The van der Waals surface area contributed by atoms with Crippen LogP contribution < -0.4 is 0 Å². The second-order valence-corrected chi connectivity index (χ2v) is 7.15. The van der Waals surface area contributed by atoms with Gasteiger partial charge in [-0.2, -0.15) is 0 Å². The first-order chi connectivity index (χ1) is 11.7. The molecule has 0 atom stereocenters. The summed E-state index contributed by atoms with van der Waals surface area (Å²) in [5.74, 6) is 0.721. The van der Waals surface area contributed by atoms with E-state index in [-0.39, 0.29) is 0 Å². The van der Waals surface area contributed by atoms with Gasteiger partial charge in [-0.05, 0) is 42.1 Å². The minimum absolute atomic E-state index is 0.721. The maximum absolute atomic E-state index is 4.29. The van der Waals surface area contributed by atoms with Crippen molar-refractivity contribution in [1.82, 2.24) is 4.90 Å². The average Bonchev–Trinajstić information content (AvgIpc) is 2.63. The first-order valence-corrected chi connectivity index (χ1v) is 9.24. The van der Waals surface area contributed by atoms with Crippen molar-refractivity contribution in [2.24, 2.45) is 5.92 Å². The summed E-state index contributed by atoms with van der Waals surface area (Å²) in [7, 11) is 2.19. The smallest absolute Gasteiger partial charge is 0.0240 e. The summed E-state index contributed by atoms with van der Waals surface area (Å²) in [5, 5.41) is 2.69. The van der Waals surface area contributed by atoms with Crippen LogP contribution in [0.3, 0.4) is 0 Å². The van der Waals surface area contributed by atoms with Crippen molar-refractivity contribution in [3.8, 4) is 0 Å². The lowest BCUT2D eigenvalue weighted by atomic mass is 9.84. The fourth-order valence-electron chi connectivity index (χ4n) is 3.78. The highest BCUT2D eigenvalue weighted by atomic mass is 15.1. The van der Waals surface area contributed by atoms with E-state index in [1.165, 1.54) is 54.0 Å². The molecule has 1 nitrogen and oxygen atoms in total. The van der Waals surface area contributed by atoms with Crippen LogP contribution in [0.5, 0.6) is 0 Å². The van der Waals surface area contributed by atoms with Gasteiger partial charge in [-0.25, -0.2) is 0 Å². The molecule has 3 rings (SSSR count). The number of benzene rings is 2. The van der Waals surface area contributed by atoms with Crippen LogP contribution in [0.15, 0.2) is 66.8 Å². The molecule has 0 unspecified atom stereocenters. The monoisotopic (exact) mass is 319 g/mol. The molecule has 1 fully saturated rings. The van der Waals surface area contributed by atoms with E-state index in [1.54, 1.807) is 0 Å². The first-order valence-electron chi connectivity index (χ1n) is 9.24. The zero-order chi connectivity index (χ0) is 16.8. The molecule has 24 heavy (non-hydrogen) atoms. The predicted molar refractivity (Wildman–Crippen MR) is 105 cm³/mol. The van der Waals surface area contributed by atoms with Crippen LogP contribution in [0.4, 0.5) is 0 Å². The van der Waals surface area contributed by atoms with E-state index in [2.05, 4.69) is 73.1 Å². The van der Waals surface area contributed by atoms with Gasteiger partial charge in [0.25, 0.3) is 0 Å². The third-order valence-electron chi connectivity index (χ3n) is 5.20. The highest BCUT2D eigenvalue weighted by Gasteiger charge is 2.14. The van der Waals surface area contributed by atoms with Crippen LogP contribution in [0.1, 0.15) is 37.7 Å². The van der Waals surface area contributed by atoms with Crippen LogP contribution >= 0.6 is 0 Å². The maximum atomic E-state index is 4.29. The molecule has 0 aliphatic heterocycles. The fraction of sp³-hybridized carbons (Fsp3) is 0.391. The fourth-order valence-corrected chi connectivity index (χ4v) is 3.78. The number of hydrogen-bond acceptors (Lipinski definition) is 1. The maximum Gasteiger partial charge on any atom is 0.0240 e. The minimum Gasteiger partial charge on any atom is -0.298 e. The third kappa shape index (κ3) is 4.36. The summed E-state index contributed by atoms with van der Waals surface area (Å²) in [6, 6.07) is 15.2. The Morgan fingerprint density at radius 3 is 2.67 bits per heavy atom. The highest BCUT2D eigenvalue weighted by Crippen LogP contribution is 2.29. The molecule has 0 heterocycles. The standard InChI is InChI=1S/C23H29N/c1-19(20-11-4-3-5-12-20)10-9-17-24(2)18-22-15-8-14-21-13-6-7-16-23(21)22/h6-10,13-16,20H,1,3-5,11-12,17-18H2,2H3/b10-9+. The second-order valence-electron chi connectivity index (χ2n) is 7.15. The number of rotatable bonds is 6. The number of fused-ring (bicyclic) bond motifs is 1. The predicted octanol–water partition coefficient (Wildman–Crippen LogP) is 5.96. The molecule has 126 valence electrons. The molecule has 0 N–H and O–H groups in total. The van der Waals surface area contributed by atoms with E-state index in [4.69, 9.17) is 0 Å². The van der Waals surface area contributed by atoms with E-state index in [1.807, 2.05) is 0 Å². The molecule has 0 aromatic heterocycles. The van der Waals surface area contributed by atoms with Gasteiger partial charge in [-0.3, -0.25) is 4.90 Å². The van der Waals surface area contributed by atoms with Gasteiger partial charge in [0.05, 0.1) is 0 Å². The van der Waals surface area contributed by atoms with Gasteiger partial charge in [0.15, 0.2) is 0 Å². The Morgan fingerprint density at radius 2 is 1.83 bits per heavy atom. The number of hydrogen-bond donors (Lipinski definition) is 0. The Labute approximate surface area is 146 Å². The number of likely N-dealkylation sites (N-methyl/N-ethyl adjacent to an activating group) is 1. The van der Waals surface area contributed by atoms with Crippen molar-refractivity contribution in [3.63, 3.8) is 0 Å². The summed E-state index contributed by atoms with van der Waals surface area (Å²) in [6.45, 7) is 6.24. The zero-order valence-corrected chi connectivity index (χ0v) is 14.9. The van der Waals surface area contributed by atoms with Crippen molar-refractivity contribution < 1.29 is 0 Å². The van der Waals surface area contributed by atoms with Crippen LogP contribution in [-0.2, 0) is 6.54 Å². The van der Waals surface area contributed by atoms with Crippen LogP contribution in [0.2, 0.25) is 0 Å². The molecule has 1 saturated carbocycles. The quantitative estimate of drug-likeness (QED) is 0.593. The zero-order valence-electron chi connectivity index (χ0n) is 14.9. The van der Waals surface area contributed by atoms with E-state index in [0.717, 1.165) is 19.0 Å². The molecular formula is C23H29N. The summed E-state index contributed by atoms with van der Waals surface area (Å²) in [4.78, 5) is 2.37. The minimum atomic E-state index is 0.721. The Hall–Kier alpha value is -1.86. The SMILES string of the molecule is C=C(/C=C/CN(C)Cc1cccc2ccccc12)C1CCCCC1. The molecule has 1 aliphatic rings. The Morgan fingerprint density at radius 1 is 1.08 bits per heavy atom. The van der Waals surface area contributed by atoms with Crippen LogP contribution in [-0.4, -0.2) is 18.5 Å². The lowest BCUT2D eigenvalue weighted by Crippen LogP contribution is -2.18. The average molecular weight is 319 g/mol. The second kappa shape index (κ2) is 8.30. The Bertz CT molecular complexity index is 702. The molecular weight excluding hydrogens is 290 g/mol. The molecule has 0 amide bonds. The van der Waals surface area contributed by atoms with Gasteiger partial charge >= 0.3 is 0 Å². The van der Waals surface area contributed by atoms with Crippen molar-refractivity contribution in [1.29, 1.82) is 0 Å². The summed E-state index contributed by atoms with van der Waals surface area (Å²) in [5.41, 5.74) is 2.73. The van der Waals surface area contributed by atoms with E-state index < -0.39 is 0 Å². The molecule has 0 bridgehead atoms. The summed E-state index contributed by atoms with van der Waals surface area (Å²) in [6.07, 6.45) is 11.3. The lowest BCUT2D eigenvalue weighted by molar-refractivity contribution is 0.364. The number of allylic oxidation sites excluding steroid dienone is 2. The first kappa shape index (κ1) is 17.0. The highest BCUT2D eigenvalue weighted by molar-refractivity contribution is 5.85. The third-order valence-corrected chi connectivity index (χ3v) is 5.20. The van der Waals surface area contributed by atoms with Crippen molar-refractivity contribution in [3.05, 3.63) is 72.3 Å². The van der Waals surface area contributed by atoms with E-state index in [0.29, 0.717) is 0 Å². The van der Waals surface area contributed by atoms with Crippen molar-refractivity contribution in [2.75, 3.05) is 13.6 Å². The lowest BCUT2D eigenvalue weighted by Gasteiger charge is -2.22. The number of nitrogens with zero attached hydrogens (tertiary/aromatic N) is 1. The molecule has 2 aromatic carbocycles. The summed E-state index contributed by atoms with van der Waals surface area (Å²) >= 11 is 0. The van der Waals surface area contributed by atoms with Crippen LogP contribution in [0, 0.1) is 5.92 Å². The van der Waals surface area contributed by atoms with Gasteiger partial charge in [-0.1, -0.05) is 86.0 Å². The molecule has 1 aliphatic carbocycles. The van der Waals surface area contributed by atoms with Crippen molar-refractivity contribution >= 4 is 10.8 Å². The van der Waals surface area contributed by atoms with Gasteiger partial charge < -0.3 is 0 Å². The molecule has 0 spiro atoms.